The molecule has 0 atom stereocenters. The van der Waals surface area contributed by atoms with Gasteiger partial charge in [-0.15, -0.1) is 11.3 Å². The van der Waals surface area contributed by atoms with Gasteiger partial charge in [0.2, 0.25) is 0 Å². The van der Waals surface area contributed by atoms with E-state index in [0.29, 0.717) is 12.4 Å². The third-order valence-electron chi connectivity index (χ3n) is 3.78. The lowest BCUT2D eigenvalue weighted by Crippen LogP contribution is -2.22. The van der Waals surface area contributed by atoms with Crippen LogP contribution in [-0.4, -0.2) is 22.3 Å². The first kappa shape index (κ1) is 16.3. The van der Waals surface area contributed by atoms with Gasteiger partial charge in [-0.1, -0.05) is 18.2 Å². The third kappa shape index (κ3) is 3.83. The molecule has 1 N–H and O–H groups in total. The predicted molar refractivity (Wildman–Crippen MR) is 95.7 cm³/mol. The van der Waals surface area contributed by atoms with Gasteiger partial charge in [0.25, 0.3) is 5.91 Å². The second-order valence-electron chi connectivity index (χ2n) is 5.49. The van der Waals surface area contributed by atoms with Crippen LogP contribution in [0.4, 0.5) is 5.82 Å². The Balaban J connectivity index is 1.59. The lowest BCUT2D eigenvalue weighted by atomic mass is 10.1. The quantitative estimate of drug-likeness (QED) is 0.745. The molecule has 2 aromatic heterocycles. The number of anilines is 1. The van der Waals surface area contributed by atoms with E-state index in [4.69, 9.17) is 4.74 Å². The number of aromatic nitrogens is 2. The molecule has 3 aromatic rings. The Bertz CT molecular complexity index is 825. The van der Waals surface area contributed by atoms with Gasteiger partial charge in [0.1, 0.15) is 11.6 Å². The molecular formula is C18H19N3O2S. The molecule has 3 rings (SSSR count). The maximum atomic E-state index is 12.2. The van der Waals surface area contributed by atoms with Gasteiger partial charge in [-0.05, 0) is 42.5 Å². The second-order valence-corrected chi connectivity index (χ2v) is 6.52. The van der Waals surface area contributed by atoms with Crippen molar-refractivity contribution in [3.05, 3.63) is 64.0 Å². The number of ether oxygens (including phenoxy) is 1. The fourth-order valence-electron chi connectivity index (χ4n) is 2.32. The lowest BCUT2D eigenvalue weighted by Gasteiger charge is -2.11. The molecule has 5 nitrogen and oxygen atoms in total. The molecule has 1 amide bonds. The number of nitrogens with zero attached hydrogens (tertiary/aromatic N) is 2. The predicted octanol–water partition coefficient (Wildman–Crippen LogP) is 3.63. The molecule has 24 heavy (non-hydrogen) atoms. The Morgan fingerprint density at radius 1 is 1.25 bits per heavy atom. The number of carbonyl (C=O) groups is 1. The minimum Gasteiger partial charge on any atom is -0.483 e. The number of rotatable bonds is 6. The van der Waals surface area contributed by atoms with Crippen LogP contribution < -0.4 is 10.1 Å². The fraction of sp³-hybridized carbons (Fsp3) is 0.222. The highest BCUT2D eigenvalue weighted by molar-refractivity contribution is 7.09. The van der Waals surface area contributed by atoms with E-state index in [1.54, 1.807) is 28.3 Å². The van der Waals surface area contributed by atoms with Crippen molar-refractivity contribution in [2.45, 2.75) is 20.4 Å². The van der Waals surface area contributed by atoms with Gasteiger partial charge in [-0.25, -0.2) is 4.68 Å². The van der Waals surface area contributed by atoms with Gasteiger partial charge >= 0.3 is 0 Å². The van der Waals surface area contributed by atoms with Crippen molar-refractivity contribution in [1.82, 2.24) is 9.78 Å². The van der Waals surface area contributed by atoms with Crippen LogP contribution in [-0.2, 0) is 11.3 Å². The number of carbonyl (C=O) groups excluding carboxylic acids is 1. The van der Waals surface area contributed by atoms with E-state index in [2.05, 4.69) is 10.4 Å². The molecule has 1 aromatic carbocycles. The van der Waals surface area contributed by atoms with Crippen LogP contribution in [0.25, 0.3) is 0 Å². The maximum absolute atomic E-state index is 12.2. The number of benzene rings is 1. The van der Waals surface area contributed by atoms with Crippen molar-refractivity contribution >= 4 is 23.1 Å². The van der Waals surface area contributed by atoms with Gasteiger partial charge < -0.3 is 10.1 Å². The summed E-state index contributed by atoms with van der Waals surface area (Å²) < 4.78 is 7.40. The molecule has 0 aliphatic heterocycles. The summed E-state index contributed by atoms with van der Waals surface area (Å²) in [6.07, 6.45) is 1.68. The number of thiophene rings is 1. The fourth-order valence-corrected chi connectivity index (χ4v) is 3.00. The highest BCUT2D eigenvalue weighted by Crippen LogP contribution is 2.20. The molecule has 0 bridgehead atoms. The maximum Gasteiger partial charge on any atom is 0.263 e. The zero-order chi connectivity index (χ0) is 16.9. The van der Waals surface area contributed by atoms with Crippen LogP contribution in [0.5, 0.6) is 5.75 Å². The van der Waals surface area contributed by atoms with Crippen molar-refractivity contribution in [1.29, 1.82) is 0 Å². The standard InChI is InChI=1S/C18H19N3O2S/c1-13-5-3-7-16(14(13)2)23-12-18(22)20-17-8-9-19-21(17)11-15-6-4-10-24-15/h3-10H,11-12H2,1-2H3,(H,20,22). The van der Waals surface area contributed by atoms with E-state index in [9.17, 15) is 4.79 Å². The van der Waals surface area contributed by atoms with Crippen molar-refractivity contribution in [3.8, 4) is 5.75 Å². The van der Waals surface area contributed by atoms with Crippen LogP contribution in [0.2, 0.25) is 0 Å². The summed E-state index contributed by atoms with van der Waals surface area (Å²) in [5, 5.41) is 9.13. The average Bonchev–Trinajstić information content (AvgIpc) is 3.22. The van der Waals surface area contributed by atoms with E-state index in [1.807, 2.05) is 49.6 Å². The summed E-state index contributed by atoms with van der Waals surface area (Å²) in [5.41, 5.74) is 2.19. The molecule has 0 aliphatic carbocycles. The lowest BCUT2D eigenvalue weighted by molar-refractivity contribution is -0.118. The first-order chi connectivity index (χ1) is 11.6. The Morgan fingerprint density at radius 3 is 2.92 bits per heavy atom. The number of hydrogen-bond acceptors (Lipinski definition) is 4. The third-order valence-corrected chi connectivity index (χ3v) is 4.64. The van der Waals surface area contributed by atoms with Gasteiger partial charge in [-0.3, -0.25) is 4.79 Å². The van der Waals surface area contributed by atoms with Crippen LogP contribution in [0.1, 0.15) is 16.0 Å². The van der Waals surface area contributed by atoms with Crippen LogP contribution >= 0.6 is 11.3 Å². The summed E-state index contributed by atoms with van der Waals surface area (Å²) in [6, 6.07) is 11.6. The Hall–Kier alpha value is -2.60. The first-order valence-electron chi connectivity index (χ1n) is 7.66. The topological polar surface area (TPSA) is 56.1 Å². The van der Waals surface area contributed by atoms with Crippen LogP contribution in [0, 0.1) is 13.8 Å². The first-order valence-corrected chi connectivity index (χ1v) is 8.54. The summed E-state index contributed by atoms with van der Waals surface area (Å²) in [6.45, 7) is 4.61. The summed E-state index contributed by atoms with van der Waals surface area (Å²) in [7, 11) is 0. The van der Waals surface area contributed by atoms with Gasteiger partial charge in [0.05, 0.1) is 12.7 Å². The number of hydrogen-bond donors (Lipinski definition) is 1. The average molecular weight is 341 g/mol. The summed E-state index contributed by atoms with van der Waals surface area (Å²) in [4.78, 5) is 13.3. The summed E-state index contributed by atoms with van der Waals surface area (Å²) >= 11 is 1.66. The van der Waals surface area contributed by atoms with E-state index in [1.165, 1.54) is 4.88 Å². The molecule has 0 unspecified atom stereocenters. The SMILES string of the molecule is Cc1cccc(OCC(=O)Nc2ccnn2Cc2cccs2)c1C. The molecule has 124 valence electrons. The molecule has 0 aliphatic rings. The van der Waals surface area contributed by atoms with Crippen molar-refractivity contribution in [2.24, 2.45) is 0 Å². The van der Waals surface area contributed by atoms with E-state index in [0.717, 1.165) is 16.9 Å². The molecule has 0 radical (unpaired) electrons. The molecule has 2 heterocycles. The molecular weight excluding hydrogens is 322 g/mol. The normalized spacial score (nSPS) is 10.6. The number of nitrogens with one attached hydrogen (secondary N) is 1. The van der Waals surface area contributed by atoms with E-state index in [-0.39, 0.29) is 12.5 Å². The number of aryl methyl sites for hydroxylation is 1. The zero-order valence-electron chi connectivity index (χ0n) is 13.7. The van der Waals surface area contributed by atoms with Gasteiger partial charge in [0.15, 0.2) is 6.61 Å². The molecule has 0 spiro atoms. The largest absolute Gasteiger partial charge is 0.483 e. The summed E-state index contributed by atoms with van der Waals surface area (Å²) in [5.74, 6) is 1.19. The van der Waals surface area contributed by atoms with Crippen molar-refractivity contribution < 1.29 is 9.53 Å². The van der Waals surface area contributed by atoms with Crippen molar-refractivity contribution in [3.63, 3.8) is 0 Å². The Kier molecular flexibility index (Phi) is 4.96. The van der Waals surface area contributed by atoms with Gasteiger partial charge in [0, 0.05) is 10.9 Å². The minimum atomic E-state index is -0.205. The molecule has 0 saturated carbocycles. The smallest absolute Gasteiger partial charge is 0.263 e. The zero-order valence-corrected chi connectivity index (χ0v) is 14.5. The van der Waals surface area contributed by atoms with Crippen LogP contribution in [0.15, 0.2) is 48.0 Å². The molecule has 6 heteroatoms. The minimum absolute atomic E-state index is 0.0333. The van der Waals surface area contributed by atoms with Gasteiger partial charge in [-0.2, -0.15) is 5.10 Å². The Morgan fingerprint density at radius 2 is 2.12 bits per heavy atom. The van der Waals surface area contributed by atoms with E-state index < -0.39 is 0 Å². The highest BCUT2D eigenvalue weighted by Gasteiger charge is 2.10. The Labute approximate surface area is 144 Å². The van der Waals surface area contributed by atoms with E-state index >= 15 is 0 Å². The molecule has 0 saturated heterocycles. The monoisotopic (exact) mass is 341 g/mol. The number of amides is 1. The second kappa shape index (κ2) is 7.31. The van der Waals surface area contributed by atoms with Crippen LogP contribution in [0.3, 0.4) is 0 Å². The highest BCUT2D eigenvalue weighted by atomic mass is 32.1. The van der Waals surface area contributed by atoms with Crippen molar-refractivity contribution in [2.75, 3.05) is 11.9 Å². The molecule has 0 fully saturated rings.